The fraction of sp³-hybridized carbons (Fsp3) is 0.333. The van der Waals surface area contributed by atoms with Gasteiger partial charge in [0.05, 0.1) is 29.5 Å². The van der Waals surface area contributed by atoms with Crippen LogP contribution in [0, 0.1) is 13.8 Å². The molecule has 5 nitrogen and oxygen atoms in total. The van der Waals surface area contributed by atoms with E-state index in [1.165, 1.54) is 22.5 Å². The fourth-order valence-corrected chi connectivity index (χ4v) is 4.38. The maximum Gasteiger partial charge on any atom is 0.283 e. The molecule has 0 saturated carbocycles. The average Bonchev–Trinajstić information content (AvgIpc) is 2.99. The highest BCUT2D eigenvalue weighted by Crippen LogP contribution is 2.24. The maximum atomic E-state index is 12.8. The lowest BCUT2D eigenvalue weighted by molar-refractivity contribution is 0.0993. The van der Waals surface area contributed by atoms with Crippen molar-refractivity contribution in [2.45, 2.75) is 27.3 Å². The van der Waals surface area contributed by atoms with Crippen LogP contribution in [0.15, 0.2) is 41.4 Å². The second kappa shape index (κ2) is 8.50. The molecule has 0 N–H and O–H groups in total. The van der Waals surface area contributed by atoms with E-state index in [1.807, 2.05) is 19.1 Å². The number of amides is 1. The molecule has 1 heterocycles. The SMILES string of the molecule is CCOCCn1c(=NC(=O)c2ccccc2OC)sc2cc(C)cc(C)c21. The first kappa shape index (κ1) is 19.3. The average molecular weight is 385 g/mol. The van der Waals surface area contributed by atoms with Gasteiger partial charge in [-0.05, 0) is 50.1 Å². The summed E-state index contributed by atoms with van der Waals surface area (Å²) < 4.78 is 14.0. The van der Waals surface area contributed by atoms with Gasteiger partial charge >= 0.3 is 0 Å². The van der Waals surface area contributed by atoms with Crippen LogP contribution in [-0.4, -0.2) is 30.8 Å². The Morgan fingerprint density at radius 1 is 1.22 bits per heavy atom. The van der Waals surface area contributed by atoms with E-state index in [4.69, 9.17) is 9.47 Å². The summed E-state index contributed by atoms with van der Waals surface area (Å²) in [6.45, 7) is 8.02. The quantitative estimate of drug-likeness (QED) is 0.601. The standard InChI is InChI=1S/C21H24N2O3S/c1-5-26-11-10-23-19-15(3)12-14(2)13-18(19)27-21(23)22-20(24)16-8-6-7-9-17(16)25-4/h6-9,12-13H,5,10-11H2,1-4H3. The van der Waals surface area contributed by atoms with Gasteiger partial charge in [0.15, 0.2) is 4.80 Å². The van der Waals surface area contributed by atoms with Crippen LogP contribution in [0.5, 0.6) is 5.75 Å². The molecule has 0 fully saturated rings. The molecule has 27 heavy (non-hydrogen) atoms. The van der Waals surface area contributed by atoms with E-state index in [0.29, 0.717) is 35.9 Å². The third-order valence-corrected chi connectivity index (χ3v) is 5.34. The van der Waals surface area contributed by atoms with Crippen LogP contribution in [0.4, 0.5) is 0 Å². The first-order valence-corrected chi connectivity index (χ1v) is 9.77. The van der Waals surface area contributed by atoms with Gasteiger partial charge in [-0.25, -0.2) is 0 Å². The Morgan fingerprint density at radius 2 is 2.00 bits per heavy atom. The number of nitrogens with zero attached hydrogens (tertiary/aromatic N) is 2. The van der Waals surface area contributed by atoms with E-state index < -0.39 is 0 Å². The summed E-state index contributed by atoms with van der Waals surface area (Å²) in [5.41, 5.74) is 3.93. The Kier molecular flexibility index (Phi) is 6.08. The van der Waals surface area contributed by atoms with Gasteiger partial charge < -0.3 is 14.0 Å². The predicted molar refractivity (Wildman–Crippen MR) is 109 cm³/mol. The van der Waals surface area contributed by atoms with Crippen molar-refractivity contribution in [3.05, 3.63) is 57.9 Å². The molecule has 0 aliphatic carbocycles. The second-order valence-corrected chi connectivity index (χ2v) is 7.29. The van der Waals surface area contributed by atoms with E-state index in [1.54, 1.807) is 19.2 Å². The summed E-state index contributed by atoms with van der Waals surface area (Å²) in [5, 5.41) is 0. The van der Waals surface area contributed by atoms with Crippen molar-refractivity contribution < 1.29 is 14.3 Å². The number of thiazole rings is 1. The number of ether oxygens (including phenoxy) is 2. The number of aryl methyl sites for hydroxylation is 2. The molecule has 0 aliphatic heterocycles. The van der Waals surface area contributed by atoms with Crippen LogP contribution < -0.4 is 9.54 Å². The van der Waals surface area contributed by atoms with Gasteiger partial charge in [0, 0.05) is 13.2 Å². The van der Waals surface area contributed by atoms with Gasteiger partial charge in [0.1, 0.15) is 5.75 Å². The van der Waals surface area contributed by atoms with Crippen molar-refractivity contribution in [3.8, 4) is 5.75 Å². The smallest absolute Gasteiger partial charge is 0.283 e. The van der Waals surface area contributed by atoms with E-state index in [0.717, 1.165) is 10.2 Å². The third kappa shape index (κ3) is 4.12. The normalized spacial score (nSPS) is 11.9. The number of hydrogen-bond acceptors (Lipinski definition) is 4. The molecule has 0 aliphatic rings. The molecule has 2 aromatic carbocycles. The molecule has 0 unspecified atom stereocenters. The molecule has 3 aromatic rings. The lowest BCUT2D eigenvalue weighted by Crippen LogP contribution is -2.20. The number of hydrogen-bond donors (Lipinski definition) is 0. The van der Waals surface area contributed by atoms with E-state index in [9.17, 15) is 4.79 Å². The van der Waals surface area contributed by atoms with Gasteiger partial charge in [0.25, 0.3) is 5.91 Å². The second-order valence-electron chi connectivity index (χ2n) is 6.28. The van der Waals surface area contributed by atoms with Crippen molar-refractivity contribution in [3.63, 3.8) is 0 Å². The molecule has 0 saturated heterocycles. The zero-order chi connectivity index (χ0) is 19.4. The topological polar surface area (TPSA) is 52.8 Å². The Balaban J connectivity index is 2.14. The number of methoxy groups -OCH3 is 1. The lowest BCUT2D eigenvalue weighted by Gasteiger charge is -2.08. The van der Waals surface area contributed by atoms with E-state index in [2.05, 4.69) is 35.5 Å². The van der Waals surface area contributed by atoms with Gasteiger partial charge in [-0.2, -0.15) is 4.99 Å². The fourth-order valence-electron chi connectivity index (χ4n) is 3.15. The number of para-hydroxylation sites is 1. The summed E-state index contributed by atoms with van der Waals surface area (Å²) in [6, 6.07) is 11.4. The first-order valence-electron chi connectivity index (χ1n) is 8.95. The lowest BCUT2D eigenvalue weighted by atomic mass is 10.1. The van der Waals surface area contributed by atoms with E-state index >= 15 is 0 Å². The maximum absolute atomic E-state index is 12.8. The number of rotatable bonds is 6. The van der Waals surface area contributed by atoms with Crippen LogP contribution in [0.25, 0.3) is 10.2 Å². The molecular formula is C21H24N2O3S. The highest BCUT2D eigenvalue weighted by atomic mass is 32.1. The number of benzene rings is 2. The molecule has 3 rings (SSSR count). The molecule has 0 atom stereocenters. The zero-order valence-corrected chi connectivity index (χ0v) is 16.9. The molecule has 142 valence electrons. The molecule has 6 heteroatoms. The van der Waals surface area contributed by atoms with Crippen molar-refractivity contribution >= 4 is 27.5 Å². The third-order valence-electron chi connectivity index (χ3n) is 4.31. The number of aromatic nitrogens is 1. The molecular weight excluding hydrogens is 360 g/mol. The van der Waals surface area contributed by atoms with E-state index in [-0.39, 0.29) is 5.91 Å². The Bertz CT molecular complexity index is 1030. The summed E-state index contributed by atoms with van der Waals surface area (Å²) in [6.07, 6.45) is 0. The monoisotopic (exact) mass is 384 g/mol. The molecule has 0 spiro atoms. The van der Waals surface area contributed by atoms with Crippen LogP contribution in [0.2, 0.25) is 0 Å². The minimum absolute atomic E-state index is 0.307. The predicted octanol–water partition coefficient (Wildman–Crippen LogP) is 4.11. The van der Waals surface area contributed by atoms with Crippen LogP contribution >= 0.6 is 11.3 Å². The highest BCUT2D eigenvalue weighted by molar-refractivity contribution is 7.16. The van der Waals surface area contributed by atoms with Crippen LogP contribution in [0.1, 0.15) is 28.4 Å². The van der Waals surface area contributed by atoms with Gasteiger partial charge in [-0.1, -0.05) is 29.5 Å². The number of carbonyl (C=O) groups excluding carboxylic acids is 1. The van der Waals surface area contributed by atoms with Crippen molar-refractivity contribution in [2.24, 2.45) is 4.99 Å². The van der Waals surface area contributed by atoms with Crippen molar-refractivity contribution in [1.29, 1.82) is 0 Å². The Labute approximate surface area is 162 Å². The highest BCUT2D eigenvalue weighted by Gasteiger charge is 2.14. The molecule has 1 aromatic heterocycles. The van der Waals surface area contributed by atoms with Crippen LogP contribution in [0.3, 0.4) is 0 Å². The van der Waals surface area contributed by atoms with Crippen LogP contribution in [-0.2, 0) is 11.3 Å². The van der Waals surface area contributed by atoms with Gasteiger partial charge in [-0.3, -0.25) is 4.79 Å². The molecule has 0 bridgehead atoms. The first-order chi connectivity index (χ1) is 13.0. The molecule has 0 radical (unpaired) electrons. The Hall–Kier alpha value is -2.44. The van der Waals surface area contributed by atoms with Gasteiger partial charge in [0.2, 0.25) is 0 Å². The number of fused-ring (bicyclic) bond motifs is 1. The minimum atomic E-state index is -0.307. The summed E-state index contributed by atoms with van der Waals surface area (Å²) in [5.74, 6) is 0.221. The van der Waals surface area contributed by atoms with Gasteiger partial charge in [-0.15, -0.1) is 0 Å². The summed E-state index contributed by atoms with van der Waals surface area (Å²) >= 11 is 1.53. The van der Waals surface area contributed by atoms with Crippen molar-refractivity contribution in [2.75, 3.05) is 20.3 Å². The summed E-state index contributed by atoms with van der Waals surface area (Å²) in [4.78, 5) is 17.9. The molecule has 1 amide bonds. The zero-order valence-electron chi connectivity index (χ0n) is 16.1. The minimum Gasteiger partial charge on any atom is -0.496 e. The van der Waals surface area contributed by atoms with Crippen molar-refractivity contribution in [1.82, 2.24) is 4.57 Å². The number of carbonyl (C=O) groups is 1. The summed E-state index contributed by atoms with van der Waals surface area (Å²) in [7, 11) is 1.56. The largest absolute Gasteiger partial charge is 0.496 e. The Morgan fingerprint density at radius 3 is 2.74 bits per heavy atom.